The molecule has 3 heteroatoms. The molecule has 1 aromatic rings. The van der Waals surface area contributed by atoms with Crippen LogP contribution in [0.3, 0.4) is 0 Å². The second-order valence-electron chi connectivity index (χ2n) is 5.59. The van der Waals surface area contributed by atoms with Gasteiger partial charge in [-0.05, 0) is 38.4 Å². The van der Waals surface area contributed by atoms with Crippen molar-refractivity contribution in [3.05, 3.63) is 35.9 Å². The summed E-state index contributed by atoms with van der Waals surface area (Å²) < 4.78 is 0. The predicted octanol–water partition coefficient (Wildman–Crippen LogP) is 2.78. The average molecular weight is 274 g/mol. The molecule has 1 aliphatic heterocycles. The molecule has 1 N–H and O–H groups in total. The van der Waals surface area contributed by atoms with Crippen LogP contribution in [-0.4, -0.2) is 37.5 Å². The van der Waals surface area contributed by atoms with Crippen LogP contribution in [0.5, 0.6) is 0 Å². The lowest BCUT2D eigenvalue weighted by Gasteiger charge is -2.26. The molecule has 1 amide bonds. The highest BCUT2D eigenvalue weighted by atomic mass is 16.2. The smallest absolute Gasteiger partial charge is 0.230 e. The number of likely N-dealkylation sites (tertiary alicyclic amines) is 1. The largest absolute Gasteiger partial charge is 0.342 e. The first-order valence-corrected chi connectivity index (χ1v) is 7.81. The number of carbonyl (C=O) groups is 1. The molecule has 20 heavy (non-hydrogen) atoms. The minimum absolute atomic E-state index is 0.00162. The van der Waals surface area contributed by atoms with Gasteiger partial charge in [0.05, 0.1) is 5.92 Å². The van der Waals surface area contributed by atoms with Gasteiger partial charge in [0.15, 0.2) is 0 Å². The van der Waals surface area contributed by atoms with E-state index < -0.39 is 0 Å². The molecule has 1 heterocycles. The number of benzene rings is 1. The molecule has 110 valence electrons. The van der Waals surface area contributed by atoms with E-state index in [-0.39, 0.29) is 5.92 Å². The summed E-state index contributed by atoms with van der Waals surface area (Å²) in [6.45, 7) is 2.74. The van der Waals surface area contributed by atoms with Gasteiger partial charge in [0, 0.05) is 13.1 Å². The van der Waals surface area contributed by atoms with Crippen molar-refractivity contribution in [2.75, 3.05) is 26.7 Å². The lowest BCUT2D eigenvalue weighted by Crippen LogP contribution is -2.36. The molecule has 0 spiro atoms. The molecule has 1 saturated heterocycles. The zero-order valence-corrected chi connectivity index (χ0v) is 12.5. The van der Waals surface area contributed by atoms with Gasteiger partial charge in [-0.2, -0.15) is 0 Å². The van der Waals surface area contributed by atoms with Crippen LogP contribution in [0.2, 0.25) is 0 Å². The summed E-state index contributed by atoms with van der Waals surface area (Å²) in [5.74, 6) is 0.315. The molecule has 0 saturated carbocycles. The van der Waals surface area contributed by atoms with E-state index in [2.05, 4.69) is 22.3 Å². The third-order valence-electron chi connectivity index (χ3n) is 4.10. The molecule has 1 aliphatic rings. The van der Waals surface area contributed by atoms with Crippen molar-refractivity contribution in [2.45, 2.75) is 38.0 Å². The van der Waals surface area contributed by atoms with Crippen LogP contribution >= 0.6 is 0 Å². The topological polar surface area (TPSA) is 32.3 Å². The van der Waals surface area contributed by atoms with Crippen LogP contribution < -0.4 is 5.32 Å². The average Bonchev–Trinajstić information content (AvgIpc) is 2.77. The minimum Gasteiger partial charge on any atom is -0.342 e. The van der Waals surface area contributed by atoms with Crippen LogP contribution in [0.25, 0.3) is 0 Å². The van der Waals surface area contributed by atoms with Crippen molar-refractivity contribution in [3.8, 4) is 0 Å². The maximum atomic E-state index is 12.9. The molecule has 0 bridgehead atoms. The fraction of sp³-hybridized carbons (Fsp3) is 0.588. The molecule has 1 unspecified atom stereocenters. The molecule has 1 aromatic carbocycles. The van der Waals surface area contributed by atoms with Gasteiger partial charge in [-0.3, -0.25) is 4.79 Å². The molecule has 1 fully saturated rings. The van der Waals surface area contributed by atoms with Gasteiger partial charge in [0.2, 0.25) is 5.91 Å². The van der Waals surface area contributed by atoms with Gasteiger partial charge < -0.3 is 10.2 Å². The third kappa shape index (κ3) is 4.07. The summed E-state index contributed by atoms with van der Waals surface area (Å²) in [5, 5.41) is 3.17. The Morgan fingerprint density at radius 2 is 1.80 bits per heavy atom. The summed E-state index contributed by atoms with van der Waals surface area (Å²) in [6, 6.07) is 10.2. The monoisotopic (exact) mass is 274 g/mol. The van der Waals surface area contributed by atoms with Gasteiger partial charge in [0.1, 0.15) is 0 Å². The number of hydrogen-bond donors (Lipinski definition) is 1. The third-order valence-corrected chi connectivity index (χ3v) is 4.10. The highest BCUT2D eigenvalue weighted by Gasteiger charge is 2.25. The molecule has 0 aliphatic carbocycles. The summed E-state index contributed by atoms with van der Waals surface area (Å²) >= 11 is 0. The van der Waals surface area contributed by atoms with Crippen molar-refractivity contribution < 1.29 is 4.79 Å². The van der Waals surface area contributed by atoms with Gasteiger partial charge in [-0.25, -0.2) is 0 Å². The second kappa shape index (κ2) is 8.05. The van der Waals surface area contributed by atoms with Crippen molar-refractivity contribution in [3.63, 3.8) is 0 Å². The predicted molar refractivity (Wildman–Crippen MR) is 82.8 cm³/mol. The van der Waals surface area contributed by atoms with Gasteiger partial charge >= 0.3 is 0 Å². The Morgan fingerprint density at radius 1 is 1.15 bits per heavy atom. The van der Waals surface area contributed by atoms with Crippen LogP contribution in [0, 0.1) is 0 Å². The van der Waals surface area contributed by atoms with Crippen molar-refractivity contribution in [1.82, 2.24) is 10.2 Å². The number of carbonyl (C=O) groups excluding carboxylic acids is 1. The van der Waals surface area contributed by atoms with Crippen molar-refractivity contribution in [2.24, 2.45) is 0 Å². The molecule has 0 radical (unpaired) electrons. The first-order chi connectivity index (χ1) is 9.83. The van der Waals surface area contributed by atoms with E-state index in [1.165, 1.54) is 12.8 Å². The molecule has 0 aromatic heterocycles. The first-order valence-electron chi connectivity index (χ1n) is 7.81. The first kappa shape index (κ1) is 15.0. The highest BCUT2D eigenvalue weighted by molar-refractivity contribution is 5.83. The van der Waals surface area contributed by atoms with Gasteiger partial charge in [-0.1, -0.05) is 43.2 Å². The Morgan fingerprint density at radius 3 is 2.40 bits per heavy atom. The standard InChI is InChI=1S/C17H26N2O/c1-18-12-11-16(15-9-5-4-6-10-15)17(20)19-13-7-2-3-8-14-19/h4-6,9-10,16,18H,2-3,7-8,11-14H2,1H3. The number of nitrogens with zero attached hydrogens (tertiary/aromatic N) is 1. The summed E-state index contributed by atoms with van der Waals surface area (Å²) in [5.41, 5.74) is 1.15. The lowest BCUT2D eigenvalue weighted by molar-refractivity contribution is -0.132. The summed E-state index contributed by atoms with van der Waals surface area (Å²) in [4.78, 5) is 14.9. The highest BCUT2D eigenvalue weighted by Crippen LogP contribution is 2.23. The lowest BCUT2D eigenvalue weighted by atomic mass is 9.94. The number of nitrogens with one attached hydrogen (secondary N) is 1. The summed E-state index contributed by atoms with van der Waals surface area (Å²) in [6.07, 6.45) is 5.70. The molecule has 2 rings (SSSR count). The number of hydrogen-bond acceptors (Lipinski definition) is 2. The minimum atomic E-state index is 0.00162. The Balaban J connectivity index is 2.10. The Bertz CT molecular complexity index is 397. The maximum Gasteiger partial charge on any atom is 0.230 e. The number of amides is 1. The fourth-order valence-electron chi connectivity index (χ4n) is 2.92. The Labute approximate surface area is 122 Å². The van der Waals surface area contributed by atoms with E-state index in [1.807, 2.05) is 25.2 Å². The Kier molecular flexibility index (Phi) is 6.06. The van der Waals surface area contributed by atoms with Crippen molar-refractivity contribution >= 4 is 5.91 Å². The maximum absolute atomic E-state index is 12.9. The zero-order chi connectivity index (χ0) is 14.2. The van der Waals surface area contributed by atoms with Gasteiger partial charge in [0.25, 0.3) is 0 Å². The van der Waals surface area contributed by atoms with Gasteiger partial charge in [-0.15, -0.1) is 0 Å². The Hall–Kier alpha value is -1.35. The van der Waals surface area contributed by atoms with Crippen LogP contribution in [0.1, 0.15) is 43.6 Å². The van der Waals surface area contributed by atoms with Crippen LogP contribution in [0.4, 0.5) is 0 Å². The van der Waals surface area contributed by atoms with E-state index in [4.69, 9.17) is 0 Å². The van der Waals surface area contributed by atoms with E-state index >= 15 is 0 Å². The summed E-state index contributed by atoms with van der Waals surface area (Å²) in [7, 11) is 1.94. The van der Waals surface area contributed by atoms with Crippen molar-refractivity contribution in [1.29, 1.82) is 0 Å². The quantitative estimate of drug-likeness (QED) is 0.895. The molecular weight excluding hydrogens is 248 g/mol. The SMILES string of the molecule is CNCCC(C(=O)N1CCCCCC1)c1ccccc1. The molecular formula is C17H26N2O. The fourth-order valence-corrected chi connectivity index (χ4v) is 2.92. The van der Waals surface area contributed by atoms with Crippen LogP contribution in [0.15, 0.2) is 30.3 Å². The number of rotatable bonds is 5. The second-order valence-corrected chi connectivity index (χ2v) is 5.59. The van der Waals surface area contributed by atoms with E-state index in [1.54, 1.807) is 0 Å². The molecule has 3 nitrogen and oxygen atoms in total. The van der Waals surface area contributed by atoms with Crippen LogP contribution in [-0.2, 0) is 4.79 Å². The molecule has 1 atom stereocenters. The van der Waals surface area contributed by atoms with E-state index in [0.717, 1.165) is 44.5 Å². The van der Waals surface area contributed by atoms with E-state index in [0.29, 0.717) is 5.91 Å². The van der Waals surface area contributed by atoms with E-state index in [9.17, 15) is 4.79 Å². The normalized spacial score (nSPS) is 17.6. The zero-order valence-electron chi connectivity index (χ0n) is 12.5.